The van der Waals surface area contributed by atoms with Gasteiger partial charge in [0, 0.05) is 39.4 Å². The van der Waals surface area contributed by atoms with E-state index < -0.39 is 0 Å². The first kappa shape index (κ1) is 11.3. The van der Waals surface area contributed by atoms with Crippen LogP contribution in [-0.4, -0.2) is 28.5 Å². The minimum Gasteiger partial charge on any atom is -0.373 e. The average Bonchev–Trinajstić information content (AvgIpc) is 3.01. The summed E-state index contributed by atoms with van der Waals surface area (Å²) >= 11 is 0. The highest BCUT2D eigenvalue weighted by Crippen LogP contribution is 2.34. The van der Waals surface area contributed by atoms with Gasteiger partial charge in [-0.05, 0) is 18.8 Å². The van der Waals surface area contributed by atoms with Crippen LogP contribution in [0.4, 0.5) is 0 Å². The lowest BCUT2D eigenvalue weighted by molar-refractivity contribution is -0.129. The monoisotopic (exact) mass is 222 g/mol. The number of rotatable bonds is 6. The van der Waals surface area contributed by atoms with Gasteiger partial charge in [0.25, 0.3) is 0 Å². The van der Waals surface area contributed by atoms with Crippen molar-refractivity contribution in [3.05, 3.63) is 18.2 Å². The molecule has 1 aromatic heterocycles. The zero-order valence-electron chi connectivity index (χ0n) is 9.85. The number of imidazole rings is 1. The third kappa shape index (κ3) is 2.50. The highest BCUT2D eigenvalue weighted by Gasteiger charge is 2.35. The molecule has 1 saturated carbocycles. The molecule has 0 aliphatic heterocycles. The molecule has 1 aliphatic carbocycles. The van der Waals surface area contributed by atoms with E-state index in [2.05, 4.69) is 4.98 Å². The molecule has 1 aromatic rings. The minimum absolute atomic E-state index is 0.180. The fraction of sp³-hybridized carbons (Fsp3) is 0.667. The van der Waals surface area contributed by atoms with Crippen molar-refractivity contribution in [2.45, 2.75) is 31.8 Å². The summed E-state index contributed by atoms with van der Waals surface area (Å²) in [5.74, 6) is 1.64. The predicted molar refractivity (Wildman–Crippen MR) is 60.1 cm³/mol. The number of ketones is 1. The first-order valence-corrected chi connectivity index (χ1v) is 5.74. The van der Waals surface area contributed by atoms with Gasteiger partial charge in [-0.2, -0.15) is 0 Å². The molecule has 0 bridgehead atoms. The molecule has 1 heterocycles. The Bertz CT molecular complexity index is 369. The normalized spacial score (nSPS) is 17.4. The van der Waals surface area contributed by atoms with Gasteiger partial charge in [-0.25, -0.2) is 4.98 Å². The molecule has 0 N–H and O–H groups in total. The maximum absolute atomic E-state index is 11.9. The van der Waals surface area contributed by atoms with E-state index in [0.29, 0.717) is 18.8 Å². The first-order valence-electron chi connectivity index (χ1n) is 5.74. The van der Waals surface area contributed by atoms with Gasteiger partial charge in [0.1, 0.15) is 11.9 Å². The van der Waals surface area contributed by atoms with E-state index in [-0.39, 0.29) is 11.9 Å². The van der Waals surface area contributed by atoms with Crippen molar-refractivity contribution in [2.24, 2.45) is 13.0 Å². The Kier molecular flexibility index (Phi) is 3.39. The van der Waals surface area contributed by atoms with Crippen molar-refractivity contribution >= 4 is 5.78 Å². The number of nitrogens with zero attached hydrogens (tertiary/aromatic N) is 2. The Morgan fingerprint density at radius 1 is 1.69 bits per heavy atom. The van der Waals surface area contributed by atoms with Crippen LogP contribution in [0.25, 0.3) is 0 Å². The van der Waals surface area contributed by atoms with Gasteiger partial charge in [0.15, 0.2) is 5.78 Å². The Morgan fingerprint density at radius 2 is 2.44 bits per heavy atom. The molecule has 0 aromatic carbocycles. The van der Waals surface area contributed by atoms with Gasteiger partial charge in [-0.15, -0.1) is 0 Å². The second kappa shape index (κ2) is 4.78. The zero-order chi connectivity index (χ0) is 11.5. The van der Waals surface area contributed by atoms with Gasteiger partial charge in [-0.3, -0.25) is 4.79 Å². The summed E-state index contributed by atoms with van der Waals surface area (Å²) in [7, 11) is 3.57. The molecule has 1 atom stereocenters. The molecule has 1 aliphatic rings. The number of aryl methyl sites for hydroxylation is 2. The number of hydrogen-bond acceptors (Lipinski definition) is 3. The van der Waals surface area contributed by atoms with Gasteiger partial charge >= 0.3 is 0 Å². The van der Waals surface area contributed by atoms with Crippen LogP contribution in [0.1, 0.15) is 25.1 Å². The molecular weight excluding hydrogens is 204 g/mol. The van der Waals surface area contributed by atoms with Crippen LogP contribution in [0.5, 0.6) is 0 Å². The summed E-state index contributed by atoms with van der Waals surface area (Å²) < 4.78 is 7.21. The fourth-order valence-corrected chi connectivity index (χ4v) is 2.00. The molecule has 16 heavy (non-hydrogen) atoms. The van der Waals surface area contributed by atoms with Crippen molar-refractivity contribution in [1.82, 2.24) is 9.55 Å². The van der Waals surface area contributed by atoms with Gasteiger partial charge in [0.2, 0.25) is 0 Å². The smallest absolute Gasteiger partial charge is 0.162 e. The molecule has 0 spiro atoms. The van der Waals surface area contributed by atoms with E-state index in [1.807, 2.05) is 17.8 Å². The summed E-state index contributed by atoms with van der Waals surface area (Å²) in [6.07, 6.45) is 6.97. The second-order valence-corrected chi connectivity index (χ2v) is 4.41. The molecule has 1 unspecified atom stereocenters. The molecule has 0 radical (unpaired) electrons. The molecule has 88 valence electrons. The van der Waals surface area contributed by atoms with Crippen molar-refractivity contribution in [1.29, 1.82) is 0 Å². The molecule has 4 nitrogen and oxygen atoms in total. The van der Waals surface area contributed by atoms with Crippen LogP contribution in [0.2, 0.25) is 0 Å². The Hall–Kier alpha value is -1.16. The van der Waals surface area contributed by atoms with Crippen molar-refractivity contribution in [3.63, 3.8) is 0 Å². The van der Waals surface area contributed by atoms with E-state index in [1.54, 1.807) is 13.3 Å². The van der Waals surface area contributed by atoms with E-state index in [0.717, 1.165) is 18.7 Å². The van der Waals surface area contributed by atoms with Crippen molar-refractivity contribution in [3.8, 4) is 0 Å². The summed E-state index contributed by atoms with van der Waals surface area (Å²) in [5, 5.41) is 0. The number of methoxy groups -OCH3 is 1. The first-order chi connectivity index (χ1) is 7.72. The summed E-state index contributed by atoms with van der Waals surface area (Å²) in [5.41, 5.74) is 0. The highest BCUT2D eigenvalue weighted by atomic mass is 16.5. The zero-order valence-corrected chi connectivity index (χ0v) is 9.85. The molecule has 4 heteroatoms. The quantitative estimate of drug-likeness (QED) is 0.729. The largest absolute Gasteiger partial charge is 0.373 e. The Morgan fingerprint density at radius 3 is 2.94 bits per heavy atom. The molecule has 0 amide bonds. The topological polar surface area (TPSA) is 44.1 Å². The second-order valence-electron chi connectivity index (χ2n) is 4.41. The van der Waals surface area contributed by atoms with Crippen LogP contribution in [0.15, 0.2) is 12.4 Å². The van der Waals surface area contributed by atoms with Crippen molar-refractivity contribution < 1.29 is 9.53 Å². The number of carbonyl (C=O) groups excluding carboxylic acids is 1. The van der Waals surface area contributed by atoms with Crippen LogP contribution >= 0.6 is 0 Å². The lowest BCUT2D eigenvalue weighted by Crippen LogP contribution is -2.25. The summed E-state index contributed by atoms with van der Waals surface area (Å²) in [4.78, 5) is 16.1. The fourth-order valence-electron chi connectivity index (χ4n) is 2.00. The van der Waals surface area contributed by atoms with Crippen LogP contribution < -0.4 is 0 Å². The third-order valence-corrected chi connectivity index (χ3v) is 3.14. The van der Waals surface area contributed by atoms with Gasteiger partial charge in [-0.1, -0.05) is 0 Å². The van der Waals surface area contributed by atoms with Gasteiger partial charge in [0.05, 0.1) is 0 Å². The SMILES string of the molecule is COC(C(=O)CCc1nccn1C)C1CC1. The lowest BCUT2D eigenvalue weighted by atomic mass is 10.1. The average molecular weight is 222 g/mol. The highest BCUT2D eigenvalue weighted by molar-refractivity contribution is 5.83. The molecule has 0 saturated heterocycles. The van der Waals surface area contributed by atoms with E-state index in [4.69, 9.17) is 4.74 Å². The number of aromatic nitrogens is 2. The van der Waals surface area contributed by atoms with Crippen molar-refractivity contribution in [2.75, 3.05) is 7.11 Å². The lowest BCUT2D eigenvalue weighted by Gasteiger charge is -2.12. The Labute approximate surface area is 95.6 Å². The third-order valence-electron chi connectivity index (χ3n) is 3.14. The van der Waals surface area contributed by atoms with E-state index in [9.17, 15) is 4.79 Å². The van der Waals surface area contributed by atoms with Crippen LogP contribution in [0, 0.1) is 5.92 Å². The van der Waals surface area contributed by atoms with E-state index >= 15 is 0 Å². The maximum Gasteiger partial charge on any atom is 0.162 e. The maximum atomic E-state index is 11.9. The number of Topliss-reactive ketones (excluding diaryl/α,β-unsaturated/α-hetero) is 1. The number of carbonyl (C=O) groups is 1. The predicted octanol–water partition coefficient (Wildman–Crippen LogP) is 1.35. The summed E-state index contributed by atoms with van der Waals surface area (Å²) in [6, 6.07) is 0. The van der Waals surface area contributed by atoms with Gasteiger partial charge < -0.3 is 9.30 Å². The standard InChI is InChI=1S/C12H18N2O2/c1-14-8-7-13-11(14)6-5-10(15)12(16-2)9-3-4-9/h7-9,12H,3-6H2,1-2H3. The summed E-state index contributed by atoms with van der Waals surface area (Å²) in [6.45, 7) is 0. The van der Waals surface area contributed by atoms with Crippen LogP contribution in [-0.2, 0) is 23.0 Å². The number of ether oxygens (including phenoxy) is 1. The number of hydrogen-bond donors (Lipinski definition) is 0. The Balaban J connectivity index is 1.85. The molecule has 2 rings (SSSR count). The van der Waals surface area contributed by atoms with E-state index in [1.165, 1.54) is 0 Å². The molecule has 1 fully saturated rings. The van der Waals surface area contributed by atoms with Crippen LogP contribution in [0.3, 0.4) is 0 Å². The molecular formula is C12H18N2O2. The minimum atomic E-state index is -0.180.